The quantitative estimate of drug-likeness (QED) is 0.921. The minimum absolute atomic E-state index is 0.180. The number of nitrogens with zero attached hydrogens (tertiary/aromatic N) is 2. The summed E-state index contributed by atoms with van der Waals surface area (Å²) in [5, 5.41) is 5.14. The van der Waals surface area contributed by atoms with Crippen molar-refractivity contribution in [2.75, 3.05) is 31.1 Å². The molecule has 2 aliphatic heterocycles. The zero-order chi connectivity index (χ0) is 15.6. The van der Waals surface area contributed by atoms with Gasteiger partial charge in [-0.2, -0.15) is 0 Å². The first-order valence-electron chi connectivity index (χ1n) is 8.16. The van der Waals surface area contributed by atoms with Gasteiger partial charge in [-0.1, -0.05) is 6.42 Å². The average Bonchev–Trinajstić information content (AvgIpc) is 2.55. The normalized spacial score (nSPS) is 22.0. The summed E-state index contributed by atoms with van der Waals surface area (Å²) in [7, 11) is -3.60. The first-order valence-corrected chi connectivity index (χ1v) is 9.70. The van der Waals surface area contributed by atoms with Gasteiger partial charge in [-0.3, -0.25) is 0 Å². The molecule has 2 aliphatic rings. The van der Waals surface area contributed by atoms with Gasteiger partial charge in [0, 0.05) is 24.8 Å². The molecule has 22 heavy (non-hydrogen) atoms. The second kappa shape index (κ2) is 6.56. The van der Waals surface area contributed by atoms with Gasteiger partial charge >= 0.3 is 0 Å². The molecule has 2 N–H and O–H groups in total. The summed E-state index contributed by atoms with van der Waals surface area (Å²) in [4.78, 5) is 5.18. The van der Waals surface area contributed by atoms with Crippen molar-refractivity contribution in [3.05, 3.63) is 24.3 Å². The number of hydrogen-bond acceptors (Lipinski definition) is 4. The summed E-state index contributed by atoms with van der Waals surface area (Å²) in [5.41, 5.74) is 1.09. The first-order chi connectivity index (χ1) is 10.5. The number of piperidine rings is 2. The van der Waals surface area contributed by atoms with Gasteiger partial charge in [0.15, 0.2) is 0 Å². The highest BCUT2D eigenvalue weighted by Gasteiger charge is 2.25. The minimum atomic E-state index is -3.60. The Hall–Kier alpha value is -1.11. The van der Waals surface area contributed by atoms with Crippen LogP contribution in [-0.4, -0.2) is 45.5 Å². The van der Waals surface area contributed by atoms with Gasteiger partial charge < -0.3 is 9.80 Å². The molecule has 0 aromatic heterocycles. The van der Waals surface area contributed by atoms with Crippen LogP contribution in [0.25, 0.3) is 0 Å². The van der Waals surface area contributed by atoms with Crippen LogP contribution < -0.4 is 10.0 Å². The average molecular weight is 323 g/mol. The topological polar surface area (TPSA) is 66.6 Å². The number of likely N-dealkylation sites (tertiary alicyclic amines) is 1. The zero-order valence-electron chi connectivity index (χ0n) is 12.9. The van der Waals surface area contributed by atoms with E-state index in [0.29, 0.717) is 0 Å². The standard InChI is InChI=1S/C16H25N3O2S/c17-22(20,21)16-6-4-14(5-7-16)19-12-8-15(9-13-19)18-10-2-1-3-11-18/h4-7,15H,1-3,8-13H2,(H2,17,20,21). The maximum absolute atomic E-state index is 11.3. The van der Waals surface area contributed by atoms with E-state index >= 15 is 0 Å². The number of anilines is 1. The van der Waals surface area contributed by atoms with Crippen molar-refractivity contribution in [2.24, 2.45) is 5.14 Å². The van der Waals surface area contributed by atoms with Crippen LogP contribution in [0.1, 0.15) is 32.1 Å². The van der Waals surface area contributed by atoms with E-state index in [1.165, 1.54) is 45.2 Å². The van der Waals surface area contributed by atoms with Gasteiger partial charge in [0.25, 0.3) is 0 Å². The fraction of sp³-hybridized carbons (Fsp3) is 0.625. The van der Waals surface area contributed by atoms with Crippen molar-refractivity contribution in [1.82, 2.24) is 4.90 Å². The predicted octanol–water partition coefficient (Wildman–Crippen LogP) is 1.79. The lowest BCUT2D eigenvalue weighted by Gasteiger charge is -2.41. The number of sulfonamides is 1. The third kappa shape index (κ3) is 3.62. The summed E-state index contributed by atoms with van der Waals surface area (Å²) in [5.74, 6) is 0. The van der Waals surface area contributed by atoms with Crippen molar-refractivity contribution >= 4 is 15.7 Å². The largest absolute Gasteiger partial charge is 0.371 e. The molecule has 0 radical (unpaired) electrons. The summed E-state index contributed by atoms with van der Waals surface area (Å²) in [6.45, 7) is 4.59. The van der Waals surface area contributed by atoms with Crippen molar-refractivity contribution in [3.63, 3.8) is 0 Å². The Morgan fingerprint density at radius 2 is 1.50 bits per heavy atom. The molecule has 0 atom stereocenters. The van der Waals surface area contributed by atoms with Crippen molar-refractivity contribution in [2.45, 2.75) is 43.0 Å². The Kier molecular flexibility index (Phi) is 4.70. The van der Waals surface area contributed by atoms with Crippen molar-refractivity contribution < 1.29 is 8.42 Å². The number of benzene rings is 1. The van der Waals surface area contributed by atoms with Crippen LogP contribution in [0.5, 0.6) is 0 Å². The molecule has 3 rings (SSSR count). The molecule has 0 bridgehead atoms. The monoisotopic (exact) mass is 323 g/mol. The Labute approximate surface area is 133 Å². The fourth-order valence-corrected chi connectivity index (χ4v) is 4.13. The zero-order valence-corrected chi connectivity index (χ0v) is 13.8. The molecule has 2 heterocycles. The molecule has 2 fully saturated rings. The molecular weight excluding hydrogens is 298 g/mol. The molecule has 0 saturated carbocycles. The highest BCUT2D eigenvalue weighted by atomic mass is 32.2. The third-order valence-electron chi connectivity index (χ3n) is 4.90. The summed E-state index contributed by atoms with van der Waals surface area (Å²) >= 11 is 0. The molecule has 0 amide bonds. The van der Waals surface area contributed by atoms with Crippen LogP contribution in [0.15, 0.2) is 29.2 Å². The van der Waals surface area contributed by atoms with Gasteiger partial charge in [-0.25, -0.2) is 13.6 Å². The molecule has 1 aromatic carbocycles. The van der Waals surface area contributed by atoms with Gasteiger partial charge in [0.05, 0.1) is 4.90 Å². The van der Waals surface area contributed by atoms with E-state index in [4.69, 9.17) is 5.14 Å². The third-order valence-corrected chi connectivity index (χ3v) is 5.83. The van der Waals surface area contributed by atoms with Crippen LogP contribution in [0.2, 0.25) is 0 Å². The summed E-state index contributed by atoms with van der Waals surface area (Å²) in [6, 6.07) is 7.64. The second-order valence-electron chi connectivity index (χ2n) is 6.35. The number of nitrogens with two attached hydrogens (primary N) is 1. The van der Waals surface area contributed by atoms with Crippen LogP contribution in [0, 0.1) is 0 Å². The summed E-state index contributed by atoms with van der Waals surface area (Å²) < 4.78 is 22.6. The fourth-order valence-electron chi connectivity index (χ4n) is 3.62. The van der Waals surface area contributed by atoms with E-state index in [1.54, 1.807) is 12.1 Å². The highest BCUT2D eigenvalue weighted by Crippen LogP contribution is 2.25. The molecule has 2 saturated heterocycles. The lowest BCUT2D eigenvalue weighted by atomic mass is 9.99. The molecule has 122 valence electrons. The predicted molar refractivity (Wildman–Crippen MR) is 88.5 cm³/mol. The Morgan fingerprint density at radius 3 is 2.05 bits per heavy atom. The van der Waals surface area contributed by atoms with Crippen molar-refractivity contribution in [1.29, 1.82) is 0 Å². The molecule has 0 unspecified atom stereocenters. The smallest absolute Gasteiger partial charge is 0.238 e. The van der Waals surface area contributed by atoms with E-state index in [0.717, 1.165) is 24.8 Å². The molecule has 6 heteroatoms. The van der Waals surface area contributed by atoms with E-state index in [1.807, 2.05) is 12.1 Å². The van der Waals surface area contributed by atoms with Gasteiger partial charge in [0.2, 0.25) is 10.0 Å². The SMILES string of the molecule is NS(=O)(=O)c1ccc(N2CCC(N3CCCCC3)CC2)cc1. The van der Waals surface area contributed by atoms with Gasteiger partial charge in [0.1, 0.15) is 0 Å². The van der Waals surface area contributed by atoms with Crippen LogP contribution in [0.4, 0.5) is 5.69 Å². The van der Waals surface area contributed by atoms with E-state index in [-0.39, 0.29) is 4.90 Å². The second-order valence-corrected chi connectivity index (χ2v) is 7.92. The van der Waals surface area contributed by atoms with Gasteiger partial charge in [-0.15, -0.1) is 0 Å². The van der Waals surface area contributed by atoms with Crippen LogP contribution >= 0.6 is 0 Å². The maximum atomic E-state index is 11.3. The van der Waals surface area contributed by atoms with Crippen molar-refractivity contribution in [3.8, 4) is 0 Å². The molecule has 5 nitrogen and oxygen atoms in total. The number of primary sulfonamides is 1. The van der Waals surface area contributed by atoms with E-state index < -0.39 is 10.0 Å². The Balaban J connectivity index is 1.59. The Bertz CT molecular complexity index is 586. The first kappa shape index (κ1) is 15.8. The minimum Gasteiger partial charge on any atom is -0.371 e. The maximum Gasteiger partial charge on any atom is 0.238 e. The molecular formula is C16H25N3O2S. The molecule has 0 aliphatic carbocycles. The Morgan fingerprint density at radius 1 is 0.909 bits per heavy atom. The molecule has 0 spiro atoms. The lowest BCUT2D eigenvalue weighted by molar-refractivity contribution is 0.141. The van der Waals surface area contributed by atoms with Crippen LogP contribution in [0.3, 0.4) is 0 Å². The van der Waals surface area contributed by atoms with Crippen LogP contribution in [-0.2, 0) is 10.0 Å². The molecule has 1 aromatic rings. The summed E-state index contributed by atoms with van der Waals surface area (Å²) in [6.07, 6.45) is 6.45. The van der Waals surface area contributed by atoms with Gasteiger partial charge in [-0.05, 0) is 63.0 Å². The number of rotatable bonds is 3. The lowest BCUT2D eigenvalue weighted by Crippen LogP contribution is -2.46. The van der Waals surface area contributed by atoms with E-state index in [2.05, 4.69) is 9.80 Å². The number of hydrogen-bond donors (Lipinski definition) is 1. The highest BCUT2D eigenvalue weighted by molar-refractivity contribution is 7.89. The van der Waals surface area contributed by atoms with E-state index in [9.17, 15) is 8.42 Å².